The number of piperidine rings is 1. The second kappa shape index (κ2) is 8.54. The smallest absolute Gasteiger partial charge is 0.319 e. The minimum Gasteiger partial charge on any atom is -0.356 e. The van der Waals surface area contributed by atoms with Gasteiger partial charge >= 0.3 is 6.03 Å². The number of carbonyl (C=O) groups is 1. The van der Waals surface area contributed by atoms with Crippen molar-refractivity contribution in [1.82, 2.24) is 10.3 Å². The van der Waals surface area contributed by atoms with E-state index in [1.165, 1.54) is 5.56 Å². The Bertz CT molecular complexity index is 850. The van der Waals surface area contributed by atoms with E-state index in [0.717, 1.165) is 43.0 Å². The Kier molecular flexibility index (Phi) is 5.92. The third kappa shape index (κ3) is 4.76. The Hall–Kier alpha value is -3.07. The van der Waals surface area contributed by atoms with Crippen molar-refractivity contribution in [3.05, 3.63) is 53.2 Å². The minimum absolute atomic E-state index is 0.169. The Morgan fingerprint density at radius 2 is 2.04 bits per heavy atom. The molecule has 0 radical (unpaired) electrons. The zero-order valence-corrected chi connectivity index (χ0v) is 15.8. The SMILES string of the molecule is Cc1ccc(NC(=O)NCC2CCN(c3ncccc3C#N)CC2)cc1C. The minimum atomic E-state index is -0.169. The number of nitrogens with one attached hydrogen (secondary N) is 2. The molecule has 140 valence electrons. The van der Waals surface area contributed by atoms with Crippen molar-refractivity contribution < 1.29 is 4.79 Å². The van der Waals surface area contributed by atoms with E-state index in [4.69, 9.17) is 0 Å². The van der Waals surface area contributed by atoms with Gasteiger partial charge in [-0.25, -0.2) is 9.78 Å². The number of nitrogens with zero attached hydrogens (tertiary/aromatic N) is 3. The molecule has 0 aliphatic carbocycles. The van der Waals surface area contributed by atoms with Crippen LogP contribution in [0.15, 0.2) is 36.5 Å². The summed E-state index contributed by atoms with van der Waals surface area (Å²) in [5, 5.41) is 15.1. The first-order valence-electron chi connectivity index (χ1n) is 9.29. The number of anilines is 2. The van der Waals surface area contributed by atoms with Crippen molar-refractivity contribution in [3.8, 4) is 6.07 Å². The molecule has 2 amide bonds. The van der Waals surface area contributed by atoms with Gasteiger partial charge in [-0.1, -0.05) is 6.07 Å². The number of hydrogen-bond donors (Lipinski definition) is 2. The fraction of sp³-hybridized carbons (Fsp3) is 0.381. The van der Waals surface area contributed by atoms with Crippen LogP contribution in [0.25, 0.3) is 0 Å². The highest BCUT2D eigenvalue weighted by Crippen LogP contribution is 2.23. The van der Waals surface area contributed by atoms with Crippen LogP contribution >= 0.6 is 0 Å². The number of urea groups is 1. The number of amides is 2. The van der Waals surface area contributed by atoms with Crippen molar-refractivity contribution >= 4 is 17.5 Å². The molecule has 6 heteroatoms. The number of rotatable bonds is 4. The highest BCUT2D eigenvalue weighted by Gasteiger charge is 2.22. The monoisotopic (exact) mass is 363 g/mol. The van der Waals surface area contributed by atoms with E-state index in [9.17, 15) is 10.1 Å². The Labute approximate surface area is 160 Å². The first-order valence-corrected chi connectivity index (χ1v) is 9.29. The zero-order chi connectivity index (χ0) is 19.2. The van der Waals surface area contributed by atoms with E-state index >= 15 is 0 Å². The number of pyridine rings is 1. The summed E-state index contributed by atoms with van der Waals surface area (Å²) >= 11 is 0. The lowest BCUT2D eigenvalue weighted by Gasteiger charge is -2.33. The van der Waals surface area contributed by atoms with Crippen molar-refractivity contribution in [2.75, 3.05) is 29.9 Å². The molecule has 0 saturated carbocycles. The largest absolute Gasteiger partial charge is 0.356 e. The van der Waals surface area contributed by atoms with Crippen molar-refractivity contribution in [2.45, 2.75) is 26.7 Å². The summed E-state index contributed by atoms with van der Waals surface area (Å²) in [5.74, 6) is 1.19. The van der Waals surface area contributed by atoms with Gasteiger partial charge in [0.15, 0.2) is 0 Å². The van der Waals surface area contributed by atoms with E-state index in [1.54, 1.807) is 18.3 Å². The molecule has 2 heterocycles. The van der Waals surface area contributed by atoms with Crippen LogP contribution in [0.4, 0.5) is 16.3 Å². The predicted octanol–water partition coefficient (Wildman–Crippen LogP) is 3.61. The van der Waals surface area contributed by atoms with Gasteiger partial charge < -0.3 is 15.5 Å². The molecule has 0 atom stereocenters. The molecule has 6 nitrogen and oxygen atoms in total. The van der Waals surface area contributed by atoms with Crippen LogP contribution < -0.4 is 15.5 Å². The summed E-state index contributed by atoms with van der Waals surface area (Å²) in [6, 6.07) is 11.5. The second-order valence-electron chi connectivity index (χ2n) is 7.05. The molecule has 0 bridgehead atoms. The molecule has 1 saturated heterocycles. The first-order chi connectivity index (χ1) is 13.1. The van der Waals surface area contributed by atoms with Crippen LogP contribution in [-0.4, -0.2) is 30.6 Å². The Morgan fingerprint density at radius 3 is 2.74 bits per heavy atom. The zero-order valence-electron chi connectivity index (χ0n) is 15.8. The molecular formula is C21H25N5O. The summed E-state index contributed by atoms with van der Waals surface area (Å²) in [5.41, 5.74) is 3.79. The average Bonchev–Trinajstić information content (AvgIpc) is 2.69. The quantitative estimate of drug-likeness (QED) is 0.869. The molecule has 1 aromatic carbocycles. The molecule has 3 rings (SSSR count). The number of carbonyl (C=O) groups excluding carboxylic acids is 1. The number of benzene rings is 1. The van der Waals surface area contributed by atoms with Gasteiger partial charge in [0.25, 0.3) is 0 Å². The number of aromatic nitrogens is 1. The summed E-state index contributed by atoms with van der Waals surface area (Å²) in [6.45, 7) is 6.42. The fourth-order valence-corrected chi connectivity index (χ4v) is 3.32. The van der Waals surface area contributed by atoms with E-state index in [1.807, 2.05) is 25.1 Å². The second-order valence-corrected chi connectivity index (χ2v) is 7.05. The van der Waals surface area contributed by atoms with Crippen molar-refractivity contribution in [2.24, 2.45) is 5.92 Å². The Morgan fingerprint density at radius 1 is 1.26 bits per heavy atom. The normalized spacial score (nSPS) is 14.5. The molecule has 1 aliphatic heterocycles. The maximum absolute atomic E-state index is 12.1. The number of aryl methyl sites for hydroxylation is 2. The molecule has 2 aromatic rings. The Balaban J connectivity index is 1.46. The van der Waals surface area contributed by atoms with Gasteiger partial charge in [0.05, 0.1) is 5.56 Å². The lowest BCUT2D eigenvalue weighted by Crippen LogP contribution is -2.40. The fourth-order valence-electron chi connectivity index (χ4n) is 3.32. The van der Waals surface area contributed by atoms with Crippen molar-refractivity contribution in [3.63, 3.8) is 0 Å². The summed E-state index contributed by atoms with van der Waals surface area (Å²) in [6.07, 6.45) is 3.65. The van der Waals surface area contributed by atoms with Gasteiger partial charge in [-0.2, -0.15) is 5.26 Å². The maximum Gasteiger partial charge on any atom is 0.319 e. The van der Waals surface area contributed by atoms with Crippen LogP contribution in [0.1, 0.15) is 29.5 Å². The number of nitriles is 1. The third-order valence-electron chi connectivity index (χ3n) is 5.14. The topological polar surface area (TPSA) is 81.1 Å². The van der Waals surface area contributed by atoms with Gasteiger partial charge in [0.2, 0.25) is 0 Å². The van der Waals surface area contributed by atoms with Crippen LogP contribution in [0, 0.1) is 31.1 Å². The van der Waals surface area contributed by atoms with Gasteiger partial charge in [-0.3, -0.25) is 0 Å². The molecular weight excluding hydrogens is 338 g/mol. The van der Waals surface area contributed by atoms with Gasteiger partial charge in [0.1, 0.15) is 11.9 Å². The lowest BCUT2D eigenvalue weighted by atomic mass is 9.96. The molecule has 1 fully saturated rings. The first kappa shape index (κ1) is 18.7. The lowest BCUT2D eigenvalue weighted by molar-refractivity contribution is 0.248. The van der Waals surface area contributed by atoms with Gasteiger partial charge in [-0.05, 0) is 68.0 Å². The van der Waals surface area contributed by atoms with Crippen LogP contribution in [0.5, 0.6) is 0 Å². The van der Waals surface area contributed by atoms with E-state index in [-0.39, 0.29) is 6.03 Å². The summed E-state index contributed by atoms with van der Waals surface area (Å²) < 4.78 is 0. The average molecular weight is 363 g/mol. The van der Waals surface area contributed by atoms with Gasteiger partial charge in [0, 0.05) is 31.5 Å². The van der Waals surface area contributed by atoms with E-state index in [0.29, 0.717) is 18.0 Å². The molecule has 0 spiro atoms. The molecule has 1 aliphatic rings. The summed E-state index contributed by atoms with van der Waals surface area (Å²) in [7, 11) is 0. The molecule has 27 heavy (non-hydrogen) atoms. The van der Waals surface area contributed by atoms with Crippen LogP contribution in [0.2, 0.25) is 0 Å². The molecule has 2 N–H and O–H groups in total. The van der Waals surface area contributed by atoms with Crippen LogP contribution in [-0.2, 0) is 0 Å². The van der Waals surface area contributed by atoms with Gasteiger partial charge in [-0.15, -0.1) is 0 Å². The maximum atomic E-state index is 12.1. The highest BCUT2D eigenvalue weighted by molar-refractivity contribution is 5.89. The van der Waals surface area contributed by atoms with Crippen molar-refractivity contribution in [1.29, 1.82) is 5.26 Å². The summed E-state index contributed by atoms with van der Waals surface area (Å²) in [4.78, 5) is 18.7. The third-order valence-corrected chi connectivity index (χ3v) is 5.14. The number of hydrogen-bond acceptors (Lipinski definition) is 4. The van der Waals surface area contributed by atoms with E-state index < -0.39 is 0 Å². The van der Waals surface area contributed by atoms with Crippen LogP contribution in [0.3, 0.4) is 0 Å². The highest BCUT2D eigenvalue weighted by atomic mass is 16.2. The molecule has 1 aromatic heterocycles. The predicted molar refractivity (Wildman–Crippen MR) is 107 cm³/mol. The molecule has 0 unspecified atom stereocenters. The standard InChI is InChI=1S/C21H25N5O/c1-15-5-6-19(12-16(15)2)25-21(27)24-14-17-7-10-26(11-8-17)20-18(13-22)4-3-9-23-20/h3-6,9,12,17H,7-8,10-11,14H2,1-2H3,(H2,24,25,27). The van der Waals surface area contributed by atoms with E-state index in [2.05, 4.69) is 33.5 Å².